The second-order valence-electron chi connectivity index (χ2n) is 13.7. The van der Waals surface area contributed by atoms with E-state index in [0.29, 0.717) is 36.8 Å². The van der Waals surface area contributed by atoms with Crippen LogP contribution in [0.4, 0.5) is 0 Å². The molecule has 9 unspecified atom stereocenters. The molecule has 7 heteroatoms. The first-order valence-electron chi connectivity index (χ1n) is 13.7. The molecule has 0 aromatic carbocycles. The van der Waals surface area contributed by atoms with Crippen LogP contribution in [0.3, 0.4) is 0 Å². The summed E-state index contributed by atoms with van der Waals surface area (Å²) < 4.78 is 0. The maximum Gasteiger partial charge on any atom is 0.306 e. The monoisotopic (exact) mass is 516 g/mol. The van der Waals surface area contributed by atoms with Crippen molar-refractivity contribution < 1.29 is 34.8 Å². The highest BCUT2D eigenvalue weighted by Gasteiger charge is 2.69. The summed E-state index contributed by atoms with van der Waals surface area (Å²) in [6.45, 7) is 13.4. The van der Waals surface area contributed by atoms with E-state index in [4.69, 9.17) is 5.11 Å². The summed E-state index contributed by atoms with van der Waals surface area (Å²) in [5, 5.41) is 43.2. The van der Waals surface area contributed by atoms with Gasteiger partial charge in [0.05, 0.1) is 24.2 Å². The molecule has 4 aliphatic rings. The molecule has 7 nitrogen and oxygen atoms in total. The Hall–Kier alpha value is -1.83. The van der Waals surface area contributed by atoms with Crippen LogP contribution < -0.4 is 0 Å². The van der Waals surface area contributed by atoms with Crippen molar-refractivity contribution >= 4 is 17.5 Å². The first-order chi connectivity index (χ1) is 16.9. The van der Waals surface area contributed by atoms with E-state index in [0.717, 1.165) is 5.57 Å². The molecule has 206 valence electrons. The minimum absolute atomic E-state index is 0.00820. The number of ketones is 2. The molecule has 0 aliphatic heterocycles. The van der Waals surface area contributed by atoms with Gasteiger partial charge in [0.2, 0.25) is 0 Å². The second-order valence-corrected chi connectivity index (χ2v) is 13.7. The minimum atomic E-state index is -1.02. The van der Waals surface area contributed by atoms with Gasteiger partial charge in [0, 0.05) is 23.8 Å². The Kier molecular flexibility index (Phi) is 6.74. The molecule has 0 amide bonds. The van der Waals surface area contributed by atoms with Crippen molar-refractivity contribution in [2.45, 2.75) is 105 Å². The van der Waals surface area contributed by atoms with Gasteiger partial charge in [0.15, 0.2) is 11.6 Å². The van der Waals surface area contributed by atoms with E-state index in [-0.39, 0.29) is 36.2 Å². The average molecular weight is 517 g/mol. The number of carboxylic acid groups (broad SMARTS) is 1. The Morgan fingerprint density at radius 3 is 2.27 bits per heavy atom. The SMILES string of the molecule is C/C(=C/C(=O)CC(C)C(=O)O)C1CC(O)C2(C)C3=C(C(=O)CC12C)C1(C)CCC(O)C(C)(C)C1CC3O. The summed E-state index contributed by atoms with van der Waals surface area (Å²) in [7, 11) is 0. The van der Waals surface area contributed by atoms with Gasteiger partial charge in [-0.2, -0.15) is 0 Å². The van der Waals surface area contributed by atoms with Crippen LogP contribution in [0.25, 0.3) is 0 Å². The average Bonchev–Trinajstić information content (AvgIpc) is 2.99. The largest absolute Gasteiger partial charge is 0.481 e. The van der Waals surface area contributed by atoms with Gasteiger partial charge in [-0.05, 0) is 72.3 Å². The van der Waals surface area contributed by atoms with Crippen molar-refractivity contribution in [1.29, 1.82) is 0 Å². The Bertz CT molecular complexity index is 1090. The third kappa shape index (κ3) is 3.82. The minimum Gasteiger partial charge on any atom is -0.481 e. The smallest absolute Gasteiger partial charge is 0.306 e. The van der Waals surface area contributed by atoms with E-state index in [1.807, 2.05) is 34.6 Å². The number of fused-ring (bicyclic) bond motifs is 4. The lowest BCUT2D eigenvalue weighted by Gasteiger charge is -2.62. The van der Waals surface area contributed by atoms with Gasteiger partial charge in [-0.1, -0.05) is 47.1 Å². The highest BCUT2D eigenvalue weighted by atomic mass is 16.4. The van der Waals surface area contributed by atoms with E-state index in [1.165, 1.54) is 13.0 Å². The summed E-state index contributed by atoms with van der Waals surface area (Å²) in [5.41, 5.74) is -0.477. The first kappa shape index (κ1) is 28.2. The molecule has 0 bridgehead atoms. The molecule has 0 saturated heterocycles. The predicted molar refractivity (Wildman–Crippen MR) is 138 cm³/mol. The van der Waals surface area contributed by atoms with Crippen LogP contribution in [0.15, 0.2) is 22.8 Å². The maximum absolute atomic E-state index is 14.1. The first-order valence-corrected chi connectivity index (χ1v) is 13.7. The molecule has 4 N–H and O–H groups in total. The van der Waals surface area contributed by atoms with Gasteiger partial charge in [-0.15, -0.1) is 0 Å². The normalized spacial score (nSPS) is 44.1. The molecule has 2 saturated carbocycles. The van der Waals surface area contributed by atoms with Crippen molar-refractivity contribution in [2.24, 2.45) is 39.4 Å². The Balaban J connectivity index is 1.79. The molecule has 0 heterocycles. The van der Waals surface area contributed by atoms with Crippen LogP contribution in [0.2, 0.25) is 0 Å². The van der Waals surface area contributed by atoms with Gasteiger partial charge in [0.25, 0.3) is 0 Å². The zero-order valence-electron chi connectivity index (χ0n) is 23.3. The molecule has 4 rings (SSSR count). The van der Waals surface area contributed by atoms with Crippen molar-refractivity contribution in [1.82, 2.24) is 0 Å². The van der Waals surface area contributed by atoms with Crippen LogP contribution in [0.1, 0.15) is 87.0 Å². The van der Waals surface area contributed by atoms with Crippen molar-refractivity contribution in [3.8, 4) is 0 Å². The second kappa shape index (κ2) is 8.85. The van der Waals surface area contributed by atoms with Crippen molar-refractivity contribution in [3.05, 3.63) is 22.8 Å². The van der Waals surface area contributed by atoms with Crippen LogP contribution in [-0.4, -0.2) is 56.3 Å². The number of aliphatic hydroxyl groups excluding tert-OH is 3. The van der Waals surface area contributed by atoms with Gasteiger partial charge in [-0.3, -0.25) is 14.4 Å². The lowest BCUT2D eigenvalue weighted by Crippen LogP contribution is -2.60. The summed E-state index contributed by atoms with van der Waals surface area (Å²) >= 11 is 0. The lowest BCUT2D eigenvalue weighted by atomic mass is 9.42. The van der Waals surface area contributed by atoms with Gasteiger partial charge in [-0.25, -0.2) is 0 Å². The predicted octanol–water partition coefficient (Wildman–Crippen LogP) is 3.84. The Morgan fingerprint density at radius 1 is 1.05 bits per heavy atom. The number of Topliss-reactive ketones (excluding diaryl/α,β-unsaturated/α-hetero) is 1. The summed E-state index contributed by atoms with van der Waals surface area (Å²) in [6.07, 6.45) is 1.39. The third-order valence-corrected chi connectivity index (χ3v) is 11.4. The van der Waals surface area contributed by atoms with Crippen LogP contribution >= 0.6 is 0 Å². The van der Waals surface area contributed by atoms with Gasteiger partial charge >= 0.3 is 5.97 Å². The lowest BCUT2D eigenvalue weighted by molar-refractivity contribution is -0.142. The van der Waals surface area contributed by atoms with Crippen molar-refractivity contribution in [3.63, 3.8) is 0 Å². The fourth-order valence-corrected chi connectivity index (χ4v) is 8.96. The van der Waals surface area contributed by atoms with Gasteiger partial charge in [0.1, 0.15) is 0 Å². The zero-order chi connectivity index (χ0) is 27.9. The fourth-order valence-electron chi connectivity index (χ4n) is 8.96. The highest BCUT2D eigenvalue weighted by molar-refractivity contribution is 6.00. The van der Waals surface area contributed by atoms with E-state index >= 15 is 0 Å². The maximum atomic E-state index is 14.1. The molecule has 37 heavy (non-hydrogen) atoms. The van der Waals surface area contributed by atoms with E-state index in [9.17, 15) is 29.7 Å². The standard InChI is InChI=1S/C30H44O7/c1-15(10-17(31)11-16(2)26(36)37)18-12-23(35)30(7)25-19(32)13-21-27(3,4)22(34)8-9-28(21,5)24(25)20(33)14-29(18,30)6/h10,16,18-19,21-23,32,34-35H,8-9,11-14H2,1-7H3,(H,36,37)/b15-10-. The Labute approximate surface area is 220 Å². The third-order valence-electron chi connectivity index (χ3n) is 11.4. The number of aliphatic hydroxyl groups is 3. The number of carbonyl (C=O) groups is 3. The van der Waals surface area contributed by atoms with Crippen LogP contribution in [0.5, 0.6) is 0 Å². The molecule has 9 atom stereocenters. The number of allylic oxidation sites excluding steroid dienone is 3. The Morgan fingerprint density at radius 2 is 1.68 bits per heavy atom. The number of rotatable bonds is 5. The number of hydrogen-bond acceptors (Lipinski definition) is 6. The number of hydrogen-bond donors (Lipinski definition) is 4. The van der Waals surface area contributed by atoms with Gasteiger partial charge < -0.3 is 20.4 Å². The molecule has 0 aromatic rings. The van der Waals surface area contributed by atoms with Crippen LogP contribution in [-0.2, 0) is 14.4 Å². The molecule has 4 aliphatic carbocycles. The summed E-state index contributed by atoms with van der Waals surface area (Å²) in [5.74, 6) is -2.44. The highest BCUT2D eigenvalue weighted by Crippen LogP contribution is 2.71. The number of carboxylic acids is 1. The van der Waals surface area contributed by atoms with E-state index < -0.39 is 51.9 Å². The molecule has 0 radical (unpaired) electrons. The molecule has 0 spiro atoms. The summed E-state index contributed by atoms with van der Waals surface area (Å²) in [4.78, 5) is 37.9. The fraction of sp³-hybridized carbons (Fsp3) is 0.767. The molecule has 2 fully saturated rings. The number of aliphatic carboxylic acids is 1. The molecular weight excluding hydrogens is 472 g/mol. The zero-order valence-corrected chi connectivity index (χ0v) is 23.3. The summed E-state index contributed by atoms with van der Waals surface area (Å²) in [6, 6.07) is 0. The van der Waals surface area contributed by atoms with E-state index in [1.54, 1.807) is 0 Å². The topological polar surface area (TPSA) is 132 Å². The number of carbonyl (C=O) groups excluding carboxylic acids is 2. The molecular formula is C30H44O7. The van der Waals surface area contributed by atoms with E-state index in [2.05, 4.69) is 6.92 Å². The molecule has 0 aromatic heterocycles. The quantitative estimate of drug-likeness (QED) is 0.408. The van der Waals surface area contributed by atoms with Crippen molar-refractivity contribution in [2.75, 3.05) is 0 Å². The van der Waals surface area contributed by atoms with Crippen LogP contribution in [0, 0.1) is 39.4 Å².